The highest BCUT2D eigenvalue weighted by atomic mass is 15.2. The Morgan fingerprint density at radius 1 is 1.06 bits per heavy atom. The highest BCUT2D eigenvalue weighted by Crippen LogP contribution is 2.23. The number of hydrogen-bond donors (Lipinski definition) is 2. The molecule has 3 nitrogen and oxygen atoms in total. The lowest BCUT2D eigenvalue weighted by atomic mass is 9.96. The van der Waals surface area contributed by atoms with Crippen molar-refractivity contribution in [2.24, 2.45) is 0 Å². The lowest BCUT2D eigenvalue weighted by Crippen LogP contribution is -2.21. The maximum atomic E-state index is 4.24. The van der Waals surface area contributed by atoms with Crippen molar-refractivity contribution in [2.75, 3.05) is 5.32 Å². The topological polar surface area (TPSA) is 40.7 Å². The molecule has 0 atom stereocenters. The van der Waals surface area contributed by atoms with Gasteiger partial charge in [0.2, 0.25) is 0 Å². The molecule has 0 unspecified atom stereocenters. The van der Waals surface area contributed by atoms with Crippen LogP contribution in [0.2, 0.25) is 0 Å². The molecule has 1 fully saturated rings. The summed E-state index contributed by atoms with van der Waals surface area (Å²) >= 11 is 0. The predicted octanol–water partition coefficient (Wildman–Crippen LogP) is 3.55. The van der Waals surface area contributed by atoms with Gasteiger partial charge in [-0.2, -0.15) is 5.10 Å². The van der Waals surface area contributed by atoms with Crippen LogP contribution in [-0.4, -0.2) is 16.2 Å². The Labute approximate surface area is 98.0 Å². The molecule has 0 saturated heterocycles. The van der Waals surface area contributed by atoms with Crippen LogP contribution in [0, 0.1) is 13.8 Å². The van der Waals surface area contributed by atoms with Crippen molar-refractivity contribution in [3.63, 3.8) is 0 Å². The number of anilines is 1. The summed E-state index contributed by atoms with van der Waals surface area (Å²) in [5.74, 6) is 0. The molecule has 0 aromatic carbocycles. The summed E-state index contributed by atoms with van der Waals surface area (Å²) in [6.07, 6.45) is 9.59. The van der Waals surface area contributed by atoms with Gasteiger partial charge in [-0.05, 0) is 26.7 Å². The number of aromatic amines is 1. The molecule has 2 rings (SSSR count). The quantitative estimate of drug-likeness (QED) is 0.801. The van der Waals surface area contributed by atoms with E-state index in [0.717, 1.165) is 5.69 Å². The summed E-state index contributed by atoms with van der Waals surface area (Å²) < 4.78 is 0. The van der Waals surface area contributed by atoms with Crippen LogP contribution in [0.15, 0.2) is 0 Å². The van der Waals surface area contributed by atoms with Gasteiger partial charge in [0, 0.05) is 6.04 Å². The maximum absolute atomic E-state index is 4.24. The van der Waals surface area contributed by atoms with E-state index in [1.54, 1.807) is 0 Å². The van der Waals surface area contributed by atoms with Gasteiger partial charge < -0.3 is 5.32 Å². The van der Waals surface area contributed by atoms with Crippen molar-refractivity contribution in [1.29, 1.82) is 0 Å². The molecule has 2 N–H and O–H groups in total. The average molecular weight is 221 g/mol. The van der Waals surface area contributed by atoms with Crippen molar-refractivity contribution in [2.45, 2.75) is 64.8 Å². The van der Waals surface area contributed by atoms with E-state index in [4.69, 9.17) is 0 Å². The molecular weight excluding hydrogens is 198 g/mol. The minimum absolute atomic E-state index is 0.648. The van der Waals surface area contributed by atoms with Crippen LogP contribution >= 0.6 is 0 Å². The van der Waals surface area contributed by atoms with Crippen LogP contribution < -0.4 is 5.32 Å². The van der Waals surface area contributed by atoms with Crippen molar-refractivity contribution >= 4 is 5.69 Å². The van der Waals surface area contributed by atoms with E-state index in [-0.39, 0.29) is 0 Å². The van der Waals surface area contributed by atoms with Gasteiger partial charge in [-0.3, -0.25) is 5.10 Å². The first kappa shape index (κ1) is 11.5. The lowest BCUT2D eigenvalue weighted by Gasteiger charge is -2.22. The van der Waals surface area contributed by atoms with Crippen molar-refractivity contribution < 1.29 is 0 Å². The minimum atomic E-state index is 0.648. The molecule has 1 aromatic rings. The van der Waals surface area contributed by atoms with Gasteiger partial charge in [0.1, 0.15) is 0 Å². The van der Waals surface area contributed by atoms with Gasteiger partial charge in [0.05, 0.1) is 17.1 Å². The Morgan fingerprint density at radius 3 is 2.25 bits per heavy atom. The Kier molecular flexibility index (Phi) is 3.86. The number of nitrogens with one attached hydrogen (secondary N) is 2. The predicted molar refractivity (Wildman–Crippen MR) is 67.8 cm³/mol. The highest BCUT2D eigenvalue weighted by Gasteiger charge is 2.14. The molecule has 0 radical (unpaired) electrons. The van der Waals surface area contributed by atoms with Crippen molar-refractivity contribution in [1.82, 2.24) is 10.2 Å². The Hall–Kier alpha value is -0.990. The smallest absolute Gasteiger partial charge is 0.0825 e. The third kappa shape index (κ3) is 2.77. The van der Waals surface area contributed by atoms with E-state index in [2.05, 4.69) is 29.4 Å². The second kappa shape index (κ2) is 5.37. The summed E-state index contributed by atoms with van der Waals surface area (Å²) in [5.41, 5.74) is 3.49. The van der Waals surface area contributed by atoms with Crippen LogP contribution in [0.5, 0.6) is 0 Å². The molecule has 0 bridgehead atoms. The Bertz CT molecular complexity index is 302. The normalized spacial score (nSPS) is 19.1. The molecule has 1 heterocycles. The summed E-state index contributed by atoms with van der Waals surface area (Å²) in [7, 11) is 0. The fourth-order valence-electron chi connectivity index (χ4n) is 2.57. The highest BCUT2D eigenvalue weighted by molar-refractivity contribution is 5.52. The number of aromatic nitrogens is 2. The molecule has 1 aliphatic rings. The fourth-order valence-corrected chi connectivity index (χ4v) is 2.57. The molecule has 0 spiro atoms. The van der Waals surface area contributed by atoms with Gasteiger partial charge in [-0.15, -0.1) is 0 Å². The van der Waals surface area contributed by atoms with Crippen LogP contribution in [0.4, 0.5) is 5.69 Å². The summed E-state index contributed by atoms with van der Waals surface area (Å²) in [5, 5.41) is 10.9. The molecule has 1 saturated carbocycles. The summed E-state index contributed by atoms with van der Waals surface area (Å²) in [6, 6.07) is 0.648. The summed E-state index contributed by atoms with van der Waals surface area (Å²) in [4.78, 5) is 0. The molecular formula is C13H23N3. The number of aryl methyl sites for hydroxylation is 2. The lowest BCUT2D eigenvalue weighted by molar-refractivity contribution is 0.471. The van der Waals surface area contributed by atoms with E-state index in [0.29, 0.717) is 6.04 Å². The van der Waals surface area contributed by atoms with Gasteiger partial charge >= 0.3 is 0 Å². The fraction of sp³-hybridized carbons (Fsp3) is 0.769. The van der Waals surface area contributed by atoms with Crippen LogP contribution in [0.25, 0.3) is 0 Å². The molecule has 3 heteroatoms. The monoisotopic (exact) mass is 221 g/mol. The van der Waals surface area contributed by atoms with E-state index in [1.807, 2.05) is 0 Å². The molecule has 16 heavy (non-hydrogen) atoms. The van der Waals surface area contributed by atoms with E-state index in [9.17, 15) is 0 Å². The maximum Gasteiger partial charge on any atom is 0.0825 e. The minimum Gasteiger partial charge on any atom is -0.379 e. The van der Waals surface area contributed by atoms with Gasteiger partial charge in [0.25, 0.3) is 0 Å². The first-order valence-corrected chi connectivity index (χ1v) is 6.55. The largest absolute Gasteiger partial charge is 0.379 e. The van der Waals surface area contributed by atoms with E-state index >= 15 is 0 Å². The van der Waals surface area contributed by atoms with Crippen LogP contribution in [-0.2, 0) is 0 Å². The number of hydrogen-bond acceptors (Lipinski definition) is 2. The molecule has 1 aromatic heterocycles. The van der Waals surface area contributed by atoms with Gasteiger partial charge in [0.15, 0.2) is 0 Å². The van der Waals surface area contributed by atoms with E-state index in [1.165, 1.54) is 56.3 Å². The van der Waals surface area contributed by atoms with Gasteiger partial charge in [-0.25, -0.2) is 0 Å². The molecule has 0 aliphatic heterocycles. The van der Waals surface area contributed by atoms with Crippen LogP contribution in [0.3, 0.4) is 0 Å². The average Bonchev–Trinajstić information content (AvgIpc) is 2.53. The van der Waals surface area contributed by atoms with E-state index < -0.39 is 0 Å². The molecule has 90 valence electrons. The third-order valence-electron chi connectivity index (χ3n) is 3.58. The second-order valence-corrected chi connectivity index (χ2v) is 5.00. The zero-order valence-electron chi connectivity index (χ0n) is 10.5. The molecule has 1 aliphatic carbocycles. The second-order valence-electron chi connectivity index (χ2n) is 5.00. The Morgan fingerprint density at radius 2 is 1.69 bits per heavy atom. The number of H-pyrrole nitrogens is 1. The zero-order chi connectivity index (χ0) is 11.4. The van der Waals surface area contributed by atoms with Crippen molar-refractivity contribution in [3.8, 4) is 0 Å². The number of nitrogens with zero attached hydrogens (tertiary/aromatic N) is 1. The summed E-state index contributed by atoms with van der Waals surface area (Å²) in [6.45, 7) is 4.15. The first-order chi connectivity index (χ1) is 7.77. The Balaban J connectivity index is 1.96. The van der Waals surface area contributed by atoms with Crippen LogP contribution in [0.1, 0.15) is 56.3 Å². The standard InChI is InChI=1S/C13H23N3/c1-10-13(11(2)16-15-10)14-12-8-6-4-3-5-7-9-12/h12,14H,3-9H2,1-2H3,(H,15,16). The number of rotatable bonds is 2. The first-order valence-electron chi connectivity index (χ1n) is 6.55. The zero-order valence-corrected chi connectivity index (χ0v) is 10.5. The molecule has 0 amide bonds. The van der Waals surface area contributed by atoms with Crippen molar-refractivity contribution in [3.05, 3.63) is 11.4 Å². The SMILES string of the molecule is Cc1n[nH]c(C)c1NC1CCCCCCC1. The third-order valence-corrected chi connectivity index (χ3v) is 3.58. The van der Waals surface area contributed by atoms with Gasteiger partial charge in [-0.1, -0.05) is 32.1 Å².